The van der Waals surface area contributed by atoms with Gasteiger partial charge in [0.1, 0.15) is 5.82 Å². The van der Waals surface area contributed by atoms with Crippen LogP contribution in [0.2, 0.25) is 0 Å². The number of carbonyl (C=O) groups is 1. The Morgan fingerprint density at radius 2 is 2.37 bits per heavy atom. The Labute approximate surface area is 118 Å². The summed E-state index contributed by atoms with van der Waals surface area (Å²) in [5, 5.41) is 0.506. The number of aryl methyl sites for hydroxylation is 1. The van der Waals surface area contributed by atoms with Crippen molar-refractivity contribution in [1.82, 2.24) is 9.88 Å². The molecule has 1 fully saturated rings. The van der Waals surface area contributed by atoms with Crippen molar-refractivity contribution in [3.05, 3.63) is 23.4 Å². The molecule has 1 aliphatic rings. The number of hydrogen-bond donors (Lipinski definition) is 1. The second kappa shape index (κ2) is 6.28. The number of carbonyl (C=O) groups excluding carboxylic acids is 1. The van der Waals surface area contributed by atoms with Gasteiger partial charge in [0.2, 0.25) is 0 Å². The normalized spacial score (nSPS) is 19.5. The number of amides is 1. The van der Waals surface area contributed by atoms with Crippen molar-refractivity contribution in [2.24, 2.45) is 0 Å². The van der Waals surface area contributed by atoms with Gasteiger partial charge in [-0.3, -0.25) is 4.79 Å². The van der Waals surface area contributed by atoms with E-state index in [0.29, 0.717) is 16.6 Å². The minimum absolute atomic E-state index is 0.0820. The van der Waals surface area contributed by atoms with Crippen molar-refractivity contribution in [1.29, 1.82) is 0 Å². The van der Waals surface area contributed by atoms with Crippen LogP contribution in [0.4, 0.5) is 5.82 Å². The van der Waals surface area contributed by atoms with Gasteiger partial charge in [0.25, 0.3) is 5.91 Å². The van der Waals surface area contributed by atoms with Crippen molar-refractivity contribution in [2.75, 3.05) is 24.6 Å². The molecule has 104 valence electrons. The van der Waals surface area contributed by atoms with Gasteiger partial charge in [0, 0.05) is 35.3 Å². The molecule has 0 saturated carbocycles. The van der Waals surface area contributed by atoms with Crippen molar-refractivity contribution < 1.29 is 4.79 Å². The minimum Gasteiger partial charge on any atom is -0.384 e. The van der Waals surface area contributed by atoms with Gasteiger partial charge in [0.15, 0.2) is 0 Å². The minimum atomic E-state index is 0.0820. The molecule has 0 radical (unpaired) electrons. The summed E-state index contributed by atoms with van der Waals surface area (Å²) in [6.45, 7) is 5.89. The molecule has 1 aliphatic heterocycles. The zero-order valence-electron chi connectivity index (χ0n) is 11.6. The van der Waals surface area contributed by atoms with Gasteiger partial charge in [-0.2, -0.15) is 11.8 Å². The van der Waals surface area contributed by atoms with E-state index in [-0.39, 0.29) is 5.91 Å². The summed E-state index contributed by atoms with van der Waals surface area (Å²) in [5.41, 5.74) is 7.38. The topological polar surface area (TPSA) is 59.2 Å². The molecule has 1 aromatic rings. The van der Waals surface area contributed by atoms with Crippen molar-refractivity contribution >= 4 is 23.5 Å². The Morgan fingerprint density at radius 3 is 3.05 bits per heavy atom. The summed E-state index contributed by atoms with van der Waals surface area (Å²) in [6, 6.07) is 3.57. The fourth-order valence-electron chi connectivity index (χ4n) is 2.30. The highest BCUT2D eigenvalue weighted by atomic mass is 32.2. The quantitative estimate of drug-likeness (QED) is 0.921. The number of anilines is 1. The maximum atomic E-state index is 12.5. The van der Waals surface area contributed by atoms with Gasteiger partial charge >= 0.3 is 0 Å². The highest BCUT2D eigenvalue weighted by molar-refractivity contribution is 7.99. The van der Waals surface area contributed by atoms with E-state index in [2.05, 4.69) is 18.8 Å². The molecular formula is C14H21N3OS. The first-order chi connectivity index (χ1) is 9.10. The van der Waals surface area contributed by atoms with Gasteiger partial charge in [-0.05, 0) is 18.6 Å². The van der Waals surface area contributed by atoms with Crippen LogP contribution in [0, 0.1) is 0 Å². The molecule has 1 aromatic heterocycles. The molecule has 2 N–H and O–H groups in total. The fraction of sp³-hybridized carbons (Fsp3) is 0.571. The molecule has 4 nitrogen and oxygen atoms in total. The Balaban J connectivity index is 2.18. The number of aromatic nitrogens is 1. The Hall–Kier alpha value is -1.23. The van der Waals surface area contributed by atoms with E-state index in [0.717, 1.165) is 37.4 Å². The smallest absolute Gasteiger partial charge is 0.254 e. The fourth-order valence-corrected chi connectivity index (χ4v) is 3.32. The summed E-state index contributed by atoms with van der Waals surface area (Å²) in [5.74, 6) is 1.53. The first-order valence-electron chi connectivity index (χ1n) is 6.77. The molecule has 2 rings (SSSR count). The van der Waals surface area contributed by atoms with Crippen LogP contribution in [0.5, 0.6) is 0 Å². The molecule has 19 heavy (non-hydrogen) atoms. The molecule has 0 aliphatic carbocycles. The van der Waals surface area contributed by atoms with Crippen LogP contribution in [0.15, 0.2) is 12.1 Å². The second-order valence-electron chi connectivity index (χ2n) is 4.95. The van der Waals surface area contributed by atoms with Crippen LogP contribution in [0.1, 0.15) is 36.3 Å². The van der Waals surface area contributed by atoms with Gasteiger partial charge in [0.05, 0.1) is 0 Å². The summed E-state index contributed by atoms with van der Waals surface area (Å²) in [7, 11) is 0. The highest BCUT2D eigenvalue weighted by Gasteiger charge is 2.22. The third-order valence-corrected chi connectivity index (χ3v) is 4.32. The number of thioether (sulfide) groups is 1. The molecule has 1 unspecified atom stereocenters. The highest BCUT2D eigenvalue weighted by Crippen LogP contribution is 2.20. The third kappa shape index (κ3) is 3.62. The van der Waals surface area contributed by atoms with Crippen LogP contribution in [-0.2, 0) is 6.42 Å². The van der Waals surface area contributed by atoms with Crippen LogP contribution >= 0.6 is 11.8 Å². The summed E-state index contributed by atoms with van der Waals surface area (Å²) in [4.78, 5) is 18.7. The summed E-state index contributed by atoms with van der Waals surface area (Å²) in [6.07, 6.45) is 1.86. The van der Waals surface area contributed by atoms with E-state index in [9.17, 15) is 4.79 Å². The van der Waals surface area contributed by atoms with Crippen LogP contribution in [0.25, 0.3) is 0 Å². The predicted molar refractivity (Wildman–Crippen MR) is 80.5 cm³/mol. The molecular weight excluding hydrogens is 258 g/mol. The molecule has 2 heterocycles. The maximum absolute atomic E-state index is 12.5. The number of hydrogen-bond acceptors (Lipinski definition) is 4. The number of rotatable bonds is 3. The van der Waals surface area contributed by atoms with Crippen LogP contribution in [0.3, 0.4) is 0 Å². The van der Waals surface area contributed by atoms with Gasteiger partial charge in [-0.15, -0.1) is 0 Å². The third-order valence-electron chi connectivity index (χ3n) is 3.18. The lowest BCUT2D eigenvalue weighted by molar-refractivity contribution is 0.0763. The number of pyridine rings is 1. The Bertz CT molecular complexity index is 464. The Morgan fingerprint density at radius 1 is 1.58 bits per heavy atom. The molecule has 1 saturated heterocycles. The maximum Gasteiger partial charge on any atom is 0.254 e. The molecule has 0 aromatic carbocycles. The standard InChI is InChI=1S/C14H21N3OS/c1-3-4-12-7-11(8-13(15)16-12)14(18)17-5-6-19-10(2)9-17/h7-8,10H,3-6,9H2,1-2H3,(H2,15,16). The lowest BCUT2D eigenvalue weighted by atomic mass is 10.1. The van der Waals surface area contributed by atoms with E-state index in [1.165, 1.54) is 0 Å². The summed E-state index contributed by atoms with van der Waals surface area (Å²) < 4.78 is 0. The van der Waals surface area contributed by atoms with E-state index in [1.807, 2.05) is 22.7 Å². The van der Waals surface area contributed by atoms with E-state index in [4.69, 9.17) is 5.73 Å². The number of nitrogens with zero attached hydrogens (tertiary/aromatic N) is 2. The van der Waals surface area contributed by atoms with Gasteiger partial charge in [-0.1, -0.05) is 20.3 Å². The lowest BCUT2D eigenvalue weighted by Gasteiger charge is -2.30. The van der Waals surface area contributed by atoms with Crippen LogP contribution in [-0.4, -0.2) is 39.9 Å². The van der Waals surface area contributed by atoms with Gasteiger partial charge < -0.3 is 10.6 Å². The Kier molecular flexibility index (Phi) is 4.69. The van der Waals surface area contributed by atoms with Crippen molar-refractivity contribution in [2.45, 2.75) is 31.9 Å². The van der Waals surface area contributed by atoms with Crippen molar-refractivity contribution in [3.63, 3.8) is 0 Å². The van der Waals surface area contributed by atoms with Gasteiger partial charge in [-0.25, -0.2) is 4.98 Å². The molecule has 0 spiro atoms. The average Bonchev–Trinajstić information content (AvgIpc) is 2.37. The zero-order valence-corrected chi connectivity index (χ0v) is 12.4. The van der Waals surface area contributed by atoms with E-state index < -0.39 is 0 Å². The molecule has 1 atom stereocenters. The van der Waals surface area contributed by atoms with E-state index in [1.54, 1.807) is 6.07 Å². The lowest BCUT2D eigenvalue weighted by Crippen LogP contribution is -2.41. The second-order valence-corrected chi connectivity index (χ2v) is 6.50. The largest absolute Gasteiger partial charge is 0.384 e. The molecule has 5 heteroatoms. The van der Waals surface area contributed by atoms with Crippen LogP contribution < -0.4 is 5.73 Å². The summed E-state index contributed by atoms with van der Waals surface area (Å²) >= 11 is 1.92. The van der Waals surface area contributed by atoms with Crippen molar-refractivity contribution in [3.8, 4) is 0 Å². The monoisotopic (exact) mass is 279 g/mol. The zero-order chi connectivity index (χ0) is 13.8. The molecule has 1 amide bonds. The number of nitrogens with two attached hydrogens (primary N) is 1. The predicted octanol–water partition coefficient (Wildman–Crippen LogP) is 2.19. The first-order valence-corrected chi connectivity index (χ1v) is 7.82. The number of nitrogen functional groups attached to an aromatic ring is 1. The average molecular weight is 279 g/mol. The first kappa shape index (κ1) is 14.2. The molecule has 0 bridgehead atoms. The van der Waals surface area contributed by atoms with E-state index >= 15 is 0 Å². The SMILES string of the molecule is CCCc1cc(C(=O)N2CCSC(C)C2)cc(N)n1.